The molecule has 2 rings (SSSR count). The Bertz CT molecular complexity index is 786. The first kappa shape index (κ1) is 16.3. The van der Waals surface area contributed by atoms with Gasteiger partial charge in [0.25, 0.3) is 11.6 Å². The molecule has 0 aromatic heterocycles. The molecule has 0 aliphatic rings. The lowest BCUT2D eigenvalue weighted by Crippen LogP contribution is -2.19. The highest BCUT2D eigenvalue weighted by Crippen LogP contribution is 2.19. The third kappa shape index (κ3) is 3.97. The number of hydrogen-bond donors (Lipinski definition) is 1. The molecule has 0 aliphatic carbocycles. The highest BCUT2D eigenvalue weighted by molar-refractivity contribution is 6.01. The molecule has 118 valence electrons. The summed E-state index contributed by atoms with van der Waals surface area (Å²) in [5.41, 5.74) is 3.95. The molecule has 0 unspecified atom stereocenters. The molecule has 2 aromatic carbocycles. The summed E-state index contributed by atoms with van der Waals surface area (Å²) in [6.45, 7) is 3.25. The van der Waals surface area contributed by atoms with Crippen molar-refractivity contribution in [1.82, 2.24) is 5.43 Å². The Hall–Kier alpha value is -3.09. The number of nitro groups is 1. The van der Waals surface area contributed by atoms with Crippen LogP contribution in [0.15, 0.2) is 47.6 Å². The van der Waals surface area contributed by atoms with Crippen molar-refractivity contribution in [2.45, 2.75) is 13.8 Å². The van der Waals surface area contributed by atoms with Crippen molar-refractivity contribution in [3.8, 4) is 0 Å². The average Bonchev–Trinajstić information content (AvgIpc) is 2.53. The monoisotopic (exact) mass is 315 g/mol. The van der Waals surface area contributed by atoms with Crippen LogP contribution in [0.5, 0.6) is 0 Å². The summed E-state index contributed by atoms with van der Waals surface area (Å²) < 4.78 is 12.9. The van der Waals surface area contributed by atoms with E-state index in [0.29, 0.717) is 16.8 Å². The molecule has 2 aromatic rings. The summed E-state index contributed by atoms with van der Waals surface area (Å²) in [4.78, 5) is 22.4. The second-order valence-corrected chi connectivity index (χ2v) is 4.90. The van der Waals surface area contributed by atoms with Crippen molar-refractivity contribution in [1.29, 1.82) is 0 Å². The lowest BCUT2D eigenvalue weighted by atomic mass is 10.1. The third-order valence-corrected chi connectivity index (χ3v) is 3.26. The zero-order valence-electron chi connectivity index (χ0n) is 12.5. The van der Waals surface area contributed by atoms with Gasteiger partial charge in [0.15, 0.2) is 0 Å². The maximum absolute atomic E-state index is 12.9. The molecule has 0 radical (unpaired) electrons. The smallest absolute Gasteiger partial charge is 0.267 e. The van der Waals surface area contributed by atoms with Crippen molar-refractivity contribution in [3.05, 3.63) is 75.1 Å². The second-order valence-electron chi connectivity index (χ2n) is 4.90. The number of hydrazone groups is 1. The first-order valence-electron chi connectivity index (χ1n) is 6.74. The first-order chi connectivity index (χ1) is 10.9. The van der Waals surface area contributed by atoms with E-state index in [1.54, 1.807) is 13.8 Å². The highest BCUT2D eigenvalue weighted by atomic mass is 19.1. The molecule has 1 N–H and O–H groups in total. The number of nitrogens with zero attached hydrogens (tertiary/aromatic N) is 2. The Morgan fingerprint density at radius 3 is 2.39 bits per heavy atom. The van der Waals surface area contributed by atoms with E-state index >= 15 is 0 Å². The number of amides is 1. The van der Waals surface area contributed by atoms with Crippen molar-refractivity contribution in [2.75, 3.05) is 0 Å². The normalized spacial score (nSPS) is 11.2. The standard InChI is InChI=1S/C16H14FN3O3/c1-10-3-4-13(9-15(10)20(22)23)16(21)19-18-11(2)12-5-7-14(17)8-6-12/h3-9H,1-2H3,(H,19,21)/b18-11-. The van der Waals surface area contributed by atoms with Crippen molar-refractivity contribution in [3.63, 3.8) is 0 Å². The Balaban J connectivity index is 2.16. The summed E-state index contributed by atoms with van der Waals surface area (Å²) in [7, 11) is 0. The molecule has 1 amide bonds. The first-order valence-corrected chi connectivity index (χ1v) is 6.74. The van der Waals surface area contributed by atoms with E-state index in [4.69, 9.17) is 0 Å². The fourth-order valence-corrected chi connectivity index (χ4v) is 1.90. The molecule has 23 heavy (non-hydrogen) atoms. The molecule has 0 saturated carbocycles. The summed E-state index contributed by atoms with van der Waals surface area (Å²) in [6.07, 6.45) is 0. The van der Waals surface area contributed by atoms with Crippen LogP contribution in [0.3, 0.4) is 0 Å². The van der Waals surface area contributed by atoms with Gasteiger partial charge in [-0.25, -0.2) is 9.82 Å². The van der Waals surface area contributed by atoms with Gasteiger partial charge < -0.3 is 0 Å². The van der Waals surface area contributed by atoms with Gasteiger partial charge in [0, 0.05) is 17.2 Å². The Labute approximate surface area is 131 Å². The van der Waals surface area contributed by atoms with Gasteiger partial charge in [-0.15, -0.1) is 0 Å². The molecule has 0 atom stereocenters. The molecular weight excluding hydrogens is 301 g/mol. The molecule has 0 bridgehead atoms. The van der Waals surface area contributed by atoms with E-state index in [9.17, 15) is 19.3 Å². The number of aryl methyl sites for hydroxylation is 1. The lowest BCUT2D eigenvalue weighted by molar-refractivity contribution is -0.385. The van der Waals surface area contributed by atoms with E-state index in [1.807, 2.05) is 0 Å². The molecule has 0 aliphatic heterocycles. The summed E-state index contributed by atoms with van der Waals surface area (Å²) in [5, 5.41) is 14.8. The molecule has 6 nitrogen and oxygen atoms in total. The number of benzene rings is 2. The zero-order chi connectivity index (χ0) is 17.0. The number of nitrogens with one attached hydrogen (secondary N) is 1. The number of halogens is 1. The number of nitro benzene ring substituents is 1. The number of rotatable bonds is 4. The van der Waals surface area contributed by atoms with Crippen LogP contribution in [0.1, 0.15) is 28.4 Å². The topological polar surface area (TPSA) is 84.6 Å². The second kappa shape index (κ2) is 6.78. The molecule has 0 spiro atoms. The SMILES string of the molecule is C/C(=N/NC(=O)c1ccc(C)c([N+](=O)[O-])c1)c1ccc(F)cc1. The van der Waals surface area contributed by atoms with Gasteiger partial charge in [-0.2, -0.15) is 5.10 Å². The van der Waals surface area contributed by atoms with Crippen LogP contribution in [0.4, 0.5) is 10.1 Å². The Kier molecular flexibility index (Phi) is 4.80. The maximum atomic E-state index is 12.9. The minimum absolute atomic E-state index is 0.128. The number of carbonyl (C=O) groups excluding carboxylic acids is 1. The van der Waals surface area contributed by atoms with Crippen LogP contribution < -0.4 is 5.43 Å². The molecule has 0 saturated heterocycles. The number of carbonyl (C=O) groups is 1. The number of hydrogen-bond acceptors (Lipinski definition) is 4. The van der Waals surface area contributed by atoms with E-state index < -0.39 is 10.8 Å². The molecule has 0 fully saturated rings. The summed E-state index contributed by atoms with van der Waals surface area (Å²) in [5.74, 6) is -0.924. The summed E-state index contributed by atoms with van der Waals surface area (Å²) in [6, 6.07) is 9.85. The maximum Gasteiger partial charge on any atom is 0.273 e. The lowest BCUT2D eigenvalue weighted by Gasteiger charge is -2.04. The van der Waals surface area contributed by atoms with Crippen molar-refractivity contribution < 1.29 is 14.1 Å². The predicted molar refractivity (Wildman–Crippen MR) is 83.9 cm³/mol. The van der Waals surface area contributed by atoms with Gasteiger partial charge in [0.05, 0.1) is 10.6 Å². The van der Waals surface area contributed by atoms with Crippen LogP contribution in [-0.4, -0.2) is 16.5 Å². The highest BCUT2D eigenvalue weighted by Gasteiger charge is 2.14. The fourth-order valence-electron chi connectivity index (χ4n) is 1.90. The largest absolute Gasteiger partial charge is 0.273 e. The van der Waals surface area contributed by atoms with Crippen LogP contribution in [-0.2, 0) is 0 Å². The quantitative estimate of drug-likeness (QED) is 0.534. The molecule has 7 heteroatoms. The van der Waals surface area contributed by atoms with Gasteiger partial charge in [0.2, 0.25) is 0 Å². The summed E-state index contributed by atoms with van der Waals surface area (Å²) >= 11 is 0. The zero-order valence-corrected chi connectivity index (χ0v) is 12.5. The van der Waals surface area contributed by atoms with Gasteiger partial charge in [-0.1, -0.05) is 18.2 Å². The minimum Gasteiger partial charge on any atom is -0.267 e. The molecule has 0 heterocycles. The van der Waals surface area contributed by atoms with Crippen LogP contribution in [0.2, 0.25) is 0 Å². The van der Waals surface area contributed by atoms with Gasteiger partial charge in [-0.3, -0.25) is 14.9 Å². The average molecular weight is 315 g/mol. The van der Waals surface area contributed by atoms with Gasteiger partial charge >= 0.3 is 0 Å². The van der Waals surface area contributed by atoms with Gasteiger partial charge in [0.1, 0.15) is 5.82 Å². The van der Waals surface area contributed by atoms with Gasteiger partial charge in [-0.05, 0) is 37.6 Å². The fraction of sp³-hybridized carbons (Fsp3) is 0.125. The van der Waals surface area contributed by atoms with Crippen LogP contribution >= 0.6 is 0 Å². The predicted octanol–water partition coefficient (Wildman–Crippen LogP) is 3.20. The van der Waals surface area contributed by atoms with Crippen molar-refractivity contribution in [2.24, 2.45) is 5.10 Å². The van der Waals surface area contributed by atoms with Crippen LogP contribution in [0.25, 0.3) is 0 Å². The van der Waals surface area contributed by atoms with E-state index in [-0.39, 0.29) is 17.1 Å². The minimum atomic E-state index is -0.561. The Morgan fingerprint density at radius 2 is 1.78 bits per heavy atom. The van der Waals surface area contributed by atoms with E-state index in [1.165, 1.54) is 42.5 Å². The van der Waals surface area contributed by atoms with E-state index in [0.717, 1.165) is 0 Å². The van der Waals surface area contributed by atoms with E-state index in [2.05, 4.69) is 10.5 Å². The third-order valence-electron chi connectivity index (χ3n) is 3.26. The molecular formula is C16H14FN3O3. The van der Waals surface area contributed by atoms with Crippen molar-refractivity contribution >= 4 is 17.3 Å². The Morgan fingerprint density at radius 1 is 1.17 bits per heavy atom. The van der Waals surface area contributed by atoms with Crippen LogP contribution in [0, 0.1) is 22.9 Å².